The van der Waals surface area contributed by atoms with Crippen molar-refractivity contribution in [3.05, 3.63) is 0 Å². The normalized spacial score (nSPS) is 6.62. The molecule has 15 N–H and O–H groups in total. The summed E-state index contributed by atoms with van der Waals surface area (Å²) < 4.78 is 34.4. The van der Waals surface area contributed by atoms with E-state index in [4.69, 9.17) is 45.9 Å². The van der Waals surface area contributed by atoms with Crippen molar-refractivity contribution in [2.24, 2.45) is 0 Å². The molecule has 0 heterocycles. The van der Waals surface area contributed by atoms with Crippen molar-refractivity contribution in [2.45, 2.75) is 0 Å². The zero-order valence-electron chi connectivity index (χ0n) is 8.61. The van der Waals surface area contributed by atoms with Crippen LogP contribution in [0.5, 0.6) is 0 Å². The molecule has 0 aromatic rings. The SMILES string of the molecule is O=C(O)O.O=C([O-])O.[NH4+].[NH4+].[NH4+].[O]=[Cr](=[O])([O-])[O-]. The fourth-order valence-electron chi connectivity index (χ4n) is 0. The molecule has 14 heteroatoms. The Morgan fingerprint density at radius 1 is 0.875 bits per heavy atom. The van der Waals surface area contributed by atoms with E-state index in [-0.39, 0.29) is 18.5 Å². The molecule has 0 amide bonds. The molecule has 104 valence electrons. The van der Waals surface area contributed by atoms with Gasteiger partial charge in [0.25, 0.3) is 0 Å². The molecule has 0 aliphatic rings. The fourth-order valence-corrected chi connectivity index (χ4v) is 0. The van der Waals surface area contributed by atoms with Crippen molar-refractivity contribution in [2.75, 3.05) is 0 Å². The van der Waals surface area contributed by atoms with Gasteiger partial charge in [0, 0.05) is 0 Å². The number of carboxylic acid groups (broad SMARTS) is 4. The second-order valence-electron chi connectivity index (χ2n) is 0.957. The third kappa shape index (κ3) is 704. The number of carbonyl (C=O) groups is 2. The van der Waals surface area contributed by atoms with E-state index in [2.05, 4.69) is 0 Å². The molecule has 0 aromatic heterocycles. The van der Waals surface area contributed by atoms with Gasteiger partial charge in [-0.15, -0.1) is 0 Å². The van der Waals surface area contributed by atoms with E-state index >= 15 is 0 Å². The van der Waals surface area contributed by atoms with Crippen LogP contribution in [0, 0.1) is 0 Å². The van der Waals surface area contributed by atoms with Crippen LogP contribution in [0.15, 0.2) is 0 Å². The van der Waals surface area contributed by atoms with Gasteiger partial charge in [-0.05, 0) is 0 Å². The standard InChI is InChI=1S/2CH2O3.Cr.3H3N.4O/c2*2-1(3)4;;;;;;;;/h2*(H2,2,3,4);;3*1H3;;;;/q;;;;;;;;2*-1/p+2. The summed E-state index contributed by atoms with van der Waals surface area (Å²) in [4.78, 5) is 17.0. The predicted molar refractivity (Wildman–Crippen MR) is 38.0 cm³/mol. The first-order valence-electron chi connectivity index (χ1n) is 1.95. The number of hydrogen-bond donors (Lipinski definition) is 6. The van der Waals surface area contributed by atoms with Crippen LogP contribution in [0.4, 0.5) is 9.59 Å². The summed E-state index contributed by atoms with van der Waals surface area (Å²) in [6.07, 6.45) is -3.92. The monoisotopic (exact) mass is 293 g/mol. The molecule has 0 aliphatic carbocycles. The fraction of sp³-hybridized carbons (Fsp3) is 0. The molecule has 0 atom stereocenters. The second-order valence-corrected chi connectivity index (χ2v) is 2.23. The van der Waals surface area contributed by atoms with Crippen LogP contribution in [0.2, 0.25) is 0 Å². The van der Waals surface area contributed by atoms with Crippen LogP contribution in [0.3, 0.4) is 0 Å². The molecule has 0 saturated carbocycles. The van der Waals surface area contributed by atoms with Crippen molar-refractivity contribution in [3.63, 3.8) is 0 Å². The zero-order valence-corrected chi connectivity index (χ0v) is 9.88. The molecular weight excluding hydrogens is 278 g/mol. The Morgan fingerprint density at radius 2 is 0.875 bits per heavy atom. The Hall–Kier alpha value is -1.53. The zero-order chi connectivity index (χ0) is 11.7. The van der Waals surface area contributed by atoms with Gasteiger partial charge < -0.3 is 43.7 Å². The topological polar surface area (TPSA) is 308 Å². The van der Waals surface area contributed by atoms with Gasteiger partial charge in [-0.3, -0.25) is 0 Å². The van der Waals surface area contributed by atoms with Crippen molar-refractivity contribution in [1.29, 1.82) is 0 Å². The minimum atomic E-state index is -5.75. The molecule has 0 radical (unpaired) electrons. The van der Waals surface area contributed by atoms with E-state index in [9.17, 15) is 0 Å². The van der Waals surface area contributed by atoms with Gasteiger partial charge in [0.2, 0.25) is 6.16 Å². The van der Waals surface area contributed by atoms with Crippen molar-refractivity contribution in [1.82, 2.24) is 18.5 Å². The maximum absolute atomic E-state index is 8.59. The van der Waals surface area contributed by atoms with Gasteiger partial charge in [-0.1, -0.05) is 0 Å². The summed E-state index contributed by atoms with van der Waals surface area (Å²) in [5, 5.41) is 29.2. The quantitative estimate of drug-likeness (QED) is 0.275. The van der Waals surface area contributed by atoms with Crippen LogP contribution in [-0.4, -0.2) is 27.6 Å². The van der Waals surface area contributed by atoms with E-state index in [1.54, 1.807) is 0 Å². The van der Waals surface area contributed by atoms with Gasteiger partial charge in [0.15, 0.2) is 0 Å². The first kappa shape index (κ1) is 36.6. The third-order valence-corrected chi connectivity index (χ3v) is 0. The Labute approximate surface area is 91.1 Å². The van der Waals surface area contributed by atoms with Gasteiger partial charge in [-0.2, -0.15) is 0 Å². The average molecular weight is 293 g/mol. The van der Waals surface area contributed by atoms with Crippen molar-refractivity contribution < 1.29 is 59.6 Å². The van der Waals surface area contributed by atoms with Gasteiger partial charge in [0.1, 0.15) is 0 Å². The summed E-state index contributed by atoms with van der Waals surface area (Å²) in [5.41, 5.74) is 0. The van der Waals surface area contributed by atoms with Crippen LogP contribution < -0.4 is 31.9 Å². The average Bonchev–Trinajstić information content (AvgIpc) is 1.50. The molecular formula is C2H15CrN3O10. The first-order chi connectivity index (χ1) is 5.46. The Balaban J connectivity index is -0.0000000216. The van der Waals surface area contributed by atoms with Crippen LogP contribution in [0.25, 0.3) is 0 Å². The number of rotatable bonds is 0. The second kappa shape index (κ2) is 19.1. The van der Waals surface area contributed by atoms with Crippen molar-refractivity contribution in [3.8, 4) is 0 Å². The van der Waals surface area contributed by atoms with E-state index in [1.807, 2.05) is 0 Å². The van der Waals surface area contributed by atoms with E-state index in [0.29, 0.717) is 0 Å². The molecule has 13 nitrogen and oxygen atoms in total. The Morgan fingerprint density at radius 3 is 0.875 bits per heavy atom. The van der Waals surface area contributed by atoms with E-state index in [0.717, 1.165) is 0 Å². The van der Waals surface area contributed by atoms with Crippen LogP contribution in [0.1, 0.15) is 0 Å². The van der Waals surface area contributed by atoms with Gasteiger partial charge >= 0.3 is 35.7 Å². The molecule has 16 heavy (non-hydrogen) atoms. The van der Waals surface area contributed by atoms with Gasteiger partial charge in [0.05, 0.1) is 0 Å². The van der Waals surface area contributed by atoms with E-state index < -0.39 is 25.9 Å². The minimum absolute atomic E-state index is 0. The van der Waals surface area contributed by atoms with E-state index in [1.165, 1.54) is 0 Å². The molecule has 0 rings (SSSR count). The Bertz CT molecular complexity index is 219. The summed E-state index contributed by atoms with van der Waals surface area (Å²) >= 11 is -5.75. The molecule has 0 fully saturated rings. The molecule has 0 aromatic carbocycles. The molecule has 0 saturated heterocycles. The van der Waals surface area contributed by atoms with Gasteiger partial charge in [-0.25, -0.2) is 4.79 Å². The summed E-state index contributed by atoms with van der Waals surface area (Å²) in [6, 6.07) is 0. The first-order valence-corrected chi connectivity index (χ1v) is 4.03. The summed E-state index contributed by atoms with van der Waals surface area (Å²) in [7, 11) is 0. The number of quaternary nitrogens is 3. The number of hydrogen-bond acceptors (Lipinski definition) is 7. The summed E-state index contributed by atoms with van der Waals surface area (Å²) in [6.45, 7) is 0. The van der Waals surface area contributed by atoms with Crippen LogP contribution in [-0.2, 0) is 21.2 Å². The van der Waals surface area contributed by atoms with Crippen molar-refractivity contribution >= 4 is 12.3 Å². The molecule has 0 aliphatic heterocycles. The van der Waals surface area contributed by atoms with Crippen LogP contribution >= 0.6 is 0 Å². The predicted octanol–water partition coefficient (Wildman–Crippen LogP) is -2.38. The third-order valence-electron chi connectivity index (χ3n) is 0. The molecule has 0 spiro atoms. The summed E-state index contributed by atoms with van der Waals surface area (Å²) in [5.74, 6) is 0. The molecule has 0 bridgehead atoms. The molecule has 0 unspecified atom stereocenters. The Kier molecular flexibility index (Phi) is 43.7. The maximum atomic E-state index is 8.59.